The predicted molar refractivity (Wildman–Crippen MR) is 238 cm³/mol. The number of benzene rings is 2. The van der Waals surface area contributed by atoms with Crippen LogP contribution in [-0.2, 0) is 27.4 Å². The third-order valence-corrected chi connectivity index (χ3v) is 13.4. The number of guanidine groups is 1. The molecule has 0 atom stereocenters. The zero-order chi connectivity index (χ0) is 41.9. The van der Waals surface area contributed by atoms with Crippen molar-refractivity contribution < 1.29 is 8.42 Å². The smallest absolute Gasteiger partial charge is 0.354 e. The van der Waals surface area contributed by atoms with Crippen molar-refractivity contribution in [2.45, 2.75) is 134 Å². The van der Waals surface area contributed by atoms with Gasteiger partial charge in [0.2, 0.25) is 10.0 Å². The quantitative estimate of drug-likeness (QED) is 0.0522. The fourth-order valence-corrected chi connectivity index (χ4v) is 9.59. The third kappa shape index (κ3) is 12.7. The van der Waals surface area contributed by atoms with Crippen LogP contribution in [0.1, 0.15) is 123 Å². The van der Waals surface area contributed by atoms with Gasteiger partial charge in [-0.15, -0.1) is 0 Å². The molecule has 2 aliphatic rings. The van der Waals surface area contributed by atoms with Crippen LogP contribution < -0.4 is 27.8 Å². The van der Waals surface area contributed by atoms with Gasteiger partial charge in [0.15, 0.2) is 5.96 Å². The second kappa shape index (κ2) is 20.3. The topological polar surface area (TPSA) is 177 Å². The Balaban J connectivity index is 0.000000221. The van der Waals surface area contributed by atoms with Crippen LogP contribution in [0, 0.1) is 5.92 Å². The van der Waals surface area contributed by atoms with E-state index in [1.165, 1.54) is 44.1 Å². The Labute approximate surface area is 346 Å². The molecule has 1 aliphatic heterocycles. The van der Waals surface area contributed by atoms with Crippen LogP contribution in [0.4, 0.5) is 0 Å². The number of nitrogens with two attached hydrogens (primary N) is 2. The van der Waals surface area contributed by atoms with Crippen LogP contribution in [0.3, 0.4) is 0 Å². The highest BCUT2D eigenvalue weighted by molar-refractivity contribution is 7.89. The molecule has 1 saturated heterocycles. The molecule has 1 aliphatic carbocycles. The molecule has 0 amide bonds. The highest BCUT2D eigenvalue weighted by Gasteiger charge is 2.32. The molecule has 4 aromatic rings. The number of aromatic amines is 1. The van der Waals surface area contributed by atoms with Crippen molar-refractivity contribution in [3.63, 3.8) is 0 Å². The van der Waals surface area contributed by atoms with Crippen LogP contribution in [0.2, 0.25) is 0 Å². The summed E-state index contributed by atoms with van der Waals surface area (Å²) in [5.41, 5.74) is 15.1. The summed E-state index contributed by atoms with van der Waals surface area (Å²) in [6.45, 7) is 17.5. The number of hydrogen-bond acceptors (Lipinski definition) is 7. The van der Waals surface area contributed by atoms with E-state index in [1.54, 1.807) is 4.57 Å². The number of nitrogens with one attached hydrogen (secondary N) is 3. The summed E-state index contributed by atoms with van der Waals surface area (Å²) in [6, 6.07) is 17.6. The summed E-state index contributed by atoms with van der Waals surface area (Å²) in [4.78, 5) is 24.3. The van der Waals surface area contributed by atoms with Gasteiger partial charge < -0.3 is 27.1 Å². The first-order chi connectivity index (χ1) is 27.5. The van der Waals surface area contributed by atoms with E-state index in [1.807, 2.05) is 59.0 Å². The average Bonchev–Trinajstić information content (AvgIpc) is 3.62. The number of hydrogen-bond donors (Lipinski definition) is 5. The van der Waals surface area contributed by atoms with Gasteiger partial charge in [-0.1, -0.05) is 97.9 Å². The molecule has 0 radical (unpaired) electrons. The number of aromatic nitrogens is 3. The van der Waals surface area contributed by atoms with E-state index in [0.29, 0.717) is 23.6 Å². The van der Waals surface area contributed by atoms with Crippen LogP contribution in [0.15, 0.2) is 75.5 Å². The molecule has 12 nitrogen and oxygen atoms in total. The standard InChI is InChI=1S/C24H40N2O2S.C21H29N7O/c1-24(2,3)21-11-13-23(14-12-21)29(27,28)26(22-15-17-25-18-16-22)19-7-10-20-8-5-4-6-9-20;1-21(2,3)17-11-15-13-28(20(29)27-18(15)26-17)16-7-5-14(6-8-16)12-24-9-4-10-25-19(22)23/h11-14,20,22,25H,4-10,15-19H2,1-3H3;5-8,11,13,24H,4,9-10,12H2,1-3H3,(H4,22,23,25)(H,26,27,29). The number of aliphatic imine (C=N–C) groups is 1. The molecule has 318 valence electrons. The fraction of sp³-hybridized carbons (Fsp3) is 0.578. The third-order valence-electron chi connectivity index (χ3n) is 11.4. The number of H-pyrrole nitrogens is 1. The monoisotopic (exact) mass is 816 g/mol. The molecule has 7 N–H and O–H groups in total. The van der Waals surface area contributed by atoms with Crippen molar-refractivity contribution in [3.05, 3.63) is 88.1 Å². The van der Waals surface area contributed by atoms with Gasteiger partial charge in [0.1, 0.15) is 5.65 Å². The average molecular weight is 816 g/mol. The Morgan fingerprint density at radius 3 is 2.21 bits per heavy atom. The van der Waals surface area contributed by atoms with Gasteiger partial charge in [-0.2, -0.15) is 9.29 Å². The highest BCUT2D eigenvalue weighted by atomic mass is 32.2. The number of nitrogens with zero attached hydrogens (tertiary/aromatic N) is 4. The largest absolute Gasteiger partial charge is 0.370 e. The van der Waals surface area contributed by atoms with E-state index in [2.05, 4.69) is 73.2 Å². The van der Waals surface area contributed by atoms with E-state index < -0.39 is 10.0 Å². The SMILES string of the molecule is CC(C)(C)c1cc2cn(-c3ccc(CNCCCN=C(N)N)cc3)c(=O)nc2[nH]1.CC(C)(C)c1ccc(S(=O)(=O)N(CCCC2CCCCC2)C2CCNCC2)cc1. The second-order valence-corrected chi connectivity index (χ2v) is 20.0. The van der Waals surface area contributed by atoms with Gasteiger partial charge in [0, 0.05) is 48.4 Å². The maximum atomic E-state index is 13.6. The van der Waals surface area contributed by atoms with E-state index in [4.69, 9.17) is 11.5 Å². The molecule has 58 heavy (non-hydrogen) atoms. The lowest BCUT2D eigenvalue weighted by molar-refractivity contribution is 0.246. The maximum absolute atomic E-state index is 13.6. The first-order valence-electron chi connectivity index (χ1n) is 21.3. The molecular formula is C45H69N9O3S. The van der Waals surface area contributed by atoms with Crippen molar-refractivity contribution in [1.29, 1.82) is 0 Å². The molecule has 1 saturated carbocycles. The first-order valence-corrected chi connectivity index (χ1v) is 22.8. The minimum Gasteiger partial charge on any atom is -0.370 e. The number of rotatable bonds is 14. The van der Waals surface area contributed by atoms with Crippen molar-refractivity contribution in [2.24, 2.45) is 22.4 Å². The van der Waals surface area contributed by atoms with Crippen LogP contribution in [-0.4, -0.2) is 72.0 Å². The predicted octanol–water partition coefficient (Wildman–Crippen LogP) is 6.85. The number of piperidine rings is 1. The molecule has 0 spiro atoms. The molecule has 2 aromatic heterocycles. The normalized spacial score (nSPS) is 16.0. The fourth-order valence-electron chi connectivity index (χ4n) is 7.87. The Bertz CT molecular complexity index is 2080. The Morgan fingerprint density at radius 2 is 1.59 bits per heavy atom. The Hall–Kier alpha value is -4.04. The van der Waals surface area contributed by atoms with E-state index in [9.17, 15) is 13.2 Å². The van der Waals surface area contributed by atoms with E-state index in [0.717, 1.165) is 80.1 Å². The first kappa shape index (κ1) is 45.1. The van der Waals surface area contributed by atoms with Gasteiger partial charge in [-0.05, 0) is 105 Å². The van der Waals surface area contributed by atoms with Crippen molar-refractivity contribution in [3.8, 4) is 5.69 Å². The van der Waals surface area contributed by atoms with Crippen molar-refractivity contribution in [2.75, 3.05) is 32.7 Å². The summed E-state index contributed by atoms with van der Waals surface area (Å²) < 4.78 is 30.6. The van der Waals surface area contributed by atoms with Gasteiger partial charge in [0.05, 0.1) is 10.6 Å². The second-order valence-electron chi connectivity index (χ2n) is 18.2. The minimum absolute atomic E-state index is 0.0248. The van der Waals surface area contributed by atoms with E-state index in [-0.39, 0.29) is 28.5 Å². The molecule has 0 bridgehead atoms. The zero-order valence-corrected chi connectivity index (χ0v) is 36.6. The molecule has 13 heteroatoms. The molecular weight excluding hydrogens is 747 g/mol. The summed E-state index contributed by atoms with van der Waals surface area (Å²) in [5, 5.41) is 7.64. The summed E-state index contributed by atoms with van der Waals surface area (Å²) in [7, 11) is -3.46. The lowest BCUT2D eigenvalue weighted by Gasteiger charge is -2.34. The molecule has 2 fully saturated rings. The lowest BCUT2D eigenvalue weighted by Crippen LogP contribution is -2.46. The van der Waals surface area contributed by atoms with Crippen molar-refractivity contribution >= 4 is 27.0 Å². The zero-order valence-electron chi connectivity index (χ0n) is 35.8. The van der Waals surface area contributed by atoms with Crippen LogP contribution in [0.25, 0.3) is 16.7 Å². The van der Waals surface area contributed by atoms with Crippen LogP contribution >= 0.6 is 0 Å². The molecule has 2 aromatic carbocycles. The van der Waals surface area contributed by atoms with Gasteiger partial charge in [-0.3, -0.25) is 9.56 Å². The van der Waals surface area contributed by atoms with Crippen LogP contribution in [0.5, 0.6) is 0 Å². The minimum atomic E-state index is -3.46. The molecule has 3 heterocycles. The highest BCUT2D eigenvalue weighted by Crippen LogP contribution is 2.30. The number of sulfonamides is 1. The number of fused-ring (bicyclic) bond motifs is 1. The maximum Gasteiger partial charge on any atom is 0.354 e. The van der Waals surface area contributed by atoms with Gasteiger partial charge in [-0.25, -0.2) is 13.2 Å². The Morgan fingerprint density at radius 1 is 0.914 bits per heavy atom. The molecule has 0 unspecified atom stereocenters. The summed E-state index contributed by atoms with van der Waals surface area (Å²) in [5.74, 6) is 0.921. The van der Waals surface area contributed by atoms with Gasteiger partial charge >= 0.3 is 5.69 Å². The van der Waals surface area contributed by atoms with Crippen molar-refractivity contribution in [1.82, 2.24) is 29.5 Å². The Kier molecular flexibility index (Phi) is 15.8. The van der Waals surface area contributed by atoms with Gasteiger partial charge in [0.25, 0.3) is 0 Å². The lowest BCUT2D eigenvalue weighted by atomic mass is 9.86. The van der Waals surface area contributed by atoms with E-state index >= 15 is 0 Å². The summed E-state index contributed by atoms with van der Waals surface area (Å²) in [6.07, 6.45) is 13.4. The molecule has 6 rings (SSSR count). The summed E-state index contributed by atoms with van der Waals surface area (Å²) >= 11 is 0.